The number of halogens is 1. The van der Waals surface area contributed by atoms with Crippen LogP contribution >= 0.6 is 22.9 Å². The lowest BCUT2D eigenvalue weighted by molar-refractivity contribution is -0.123. The maximum absolute atomic E-state index is 12.1. The quantitative estimate of drug-likeness (QED) is 0.548. The van der Waals surface area contributed by atoms with Crippen LogP contribution in [0, 0.1) is 6.92 Å². The lowest BCUT2D eigenvalue weighted by Crippen LogP contribution is -2.28. The molecule has 0 unspecified atom stereocenters. The number of amides is 1. The third kappa shape index (κ3) is 5.12. The third-order valence-corrected chi connectivity index (χ3v) is 5.88. The number of hydrogen-bond donors (Lipinski definition) is 1. The first-order chi connectivity index (χ1) is 13.4. The number of carbonyl (C=O) groups excluding carboxylic acids is 1. The van der Waals surface area contributed by atoms with Gasteiger partial charge in [-0.2, -0.15) is 0 Å². The van der Waals surface area contributed by atoms with Crippen molar-refractivity contribution in [3.8, 4) is 16.3 Å². The topological polar surface area (TPSA) is 51.2 Å². The summed E-state index contributed by atoms with van der Waals surface area (Å²) in [5.41, 5.74) is 3.04. The van der Waals surface area contributed by atoms with Crippen LogP contribution in [0.25, 0.3) is 10.6 Å². The molecule has 0 fully saturated rings. The molecule has 3 aromatic rings. The van der Waals surface area contributed by atoms with Gasteiger partial charge in [0.1, 0.15) is 10.8 Å². The highest BCUT2D eigenvalue weighted by Crippen LogP contribution is 2.32. The fraction of sp³-hybridized carbons (Fsp3) is 0.273. The second-order valence-electron chi connectivity index (χ2n) is 6.80. The molecule has 1 aromatic heterocycles. The Morgan fingerprint density at radius 3 is 2.57 bits per heavy atom. The van der Waals surface area contributed by atoms with Gasteiger partial charge in [-0.05, 0) is 36.6 Å². The summed E-state index contributed by atoms with van der Waals surface area (Å²) in [5.74, 6) is 0.991. The zero-order valence-corrected chi connectivity index (χ0v) is 17.7. The van der Waals surface area contributed by atoms with E-state index < -0.39 is 0 Å². The molecule has 3 rings (SSSR count). The van der Waals surface area contributed by atoms with E-state index >= 15 is 0 Å². The first kappa shape index (κ1) is 20.4. The number of benzene rings is 2. The Balaban J connectivity index is 1.54. The summed E-state index contributed by atoms with van der Waals surface area (Å²) >= 11 is 7.79. The summed E-state index contributed by atoms with van der Waals surface area (Å²) in [4.78, 5) is 17.7. The molecule has 2 aromatic carbocycles. The van der Waals surface area contributed by atoms with E-state index in [1.807, 2.05) is 55.5 Å². The Labute approximate surface area is 174 Å². The summed E-state index contributed by atoms with van der Waals surface area (Å²) in [6, 6.07) is 15.5. The minimum atomic E-state index is -0.167. The summed E-state index contributed by atoms with van der Waals surface area (Å²) in [7, 11) is 0. The van der Waals surface area contributed by atoms with Crippen LogP contribution in [0.2, 0.25) is 5.02 Å². The van der Waals surface area contributed by atoms with E-state index in [4.69, 9.17) is 16.3 Å². The van der Waals surface area contributed by atoms with Gasteiger partial charge in [-0.1, -0.05) is 55.8 Å². The van der Waals surface area contributed by atoms with Gasteiger partial charge in [0.2, 0.25) is 0 Å². The van der Waals surface area contributed by atoms with Crippen molar-refractivity contribution in [3.63, 3.8) is 0 Å². The van der Waals surface area contributed by atoms with Crippen LogP contribution in [-0.2, 0) is 11.3 Å². The number of thiazole rings is 1. The molecule has 1 N–H and O–H groups in total. The van der Waals surface area contributed by atoms with Gasteiger partial charge in [-0.25, -0.2) is 4.98 Å². The lowest BCUT2D eigenvalue weighted by Gasteiger charge is -2.09. The van der Waals surface area contributed by atoms with Crippen molar-refractivity contribution >= 4 is 28.8 Å². The fourth-order valence-corrected chi connectivity index (χ4v) is 3.99. The van der Waals surface area contributed by atoms with Gasteiger partial charge >= 0.3 is 0 Å². The molecule has 1 amide bonds. The zero-order valence-electron chi connectivity index (χ0n) is 16.2. The summed E-state index contributed by atoms with van der Waals surface area (Å²) in [5, 5.41) is 4.42. The predicted molar refractivity (Wildman–Crippen MR) is 115 cm³/mol. The summed E-state index contributed by atoms with van der Waals surface area (Å²) in [6.07, 6.45) is 0. The lowest BCUT2D eigenvalue weighted by atomic mass is 10.0. The molecule has 4 nitrogen and oxygen atoms in total. The molecule has 28 heavy (non-hydrogen) atoms. The number of carbonyl (C=O) groups is 1. The molecule has 0 radical (unpaired) electrons. The minimum absolute atomic E-state index is 0.0176. The Bertz CT molecular complexity index is 951. The van der Waals surface area contributed by atoms with Gasteiger partial charge in [0.15, 0.2) is 6.61 Å². The van der Waals surface area contributed by atoms with Crippen molar-refractivity contribution in [1.29, 1.82) is 0 Å². The SMILES string of the molecule is Cc1nc(-c2ccccc2Cl)sc1CNC(=O)COc1ccc(C(C)C)cc1. The molecule has 0 spiro atoms. The molecule has 6 heteroatoms. The Hall–Kier alpha value is -2.37. The van der Waals surface area contributed by atoms with E-state index in [0.717, 1.165) is 21.1 Å². The zero-order chi connectivity index (χ0) is 20.1. The van der Waals surface area contributed by atoms with Crippen LogP contribution in [0.3, 0.4) is 0 Å². The Kier molecular flexibility index (Phi) is 6.70. The Morgan fingerprint density at radius 2 is 1.89 bits per heavy atom. The van der Waals surface area contributed by atoms with Gasteiger partial charge in [0.05, 0.1) is 17.3 Å². The molecule has 0 bridgehead atoms. The van der Waals surface area contributed by atoms with Crippen molar-refractivity contribution in [3.05, 3.63) is 69.7 Å². The first-order valence-corrected chi connectivity index (χ1v) is 10.3. The van der Waals surface area contributed by atoms with Crippen LogP contribution in [0.15, 0.2) is 48.5 Å². The smallest absolute Gasteiger partial charge is 0.258 e. The number of rotatable bonds is 7. The number of ether oxygens (including phenoxy) is 1. The molecule has 0 aliphatic carbocycles. The largest absolute Gasteiger partial charge is 0.484 e. The number of nitrogens with one attached hydrogen (secondary N) is 1. The molecule has 0 aliphatic heterocycles. The molecule has 1 heterocycles. The third-order valence-electron chi connectivity index (χ3n) is 4.36. The van der Waals surface area contributed by atoms with Crippen LogP contribution in [0.4, 0.5) is 0 Å². The van der Waals surface area contributed by atoms with Crippen molar-refractivity contribution in [2.45, 2.75) is 33.2 Å². The highest BCUT2D eigenvalue weighted by molar-refractivity contribution is 7.15. The van der Waals surface area contributed by atoms with Gasteiger partial charge in [0, 0.05) is 10.4 Å². The first-order valence-electron chi connectivity index (χ1n) is 9.14. The van der Waals surface area contributed by atoms with Crippen molar-refractivity contribution in [1.82, 2.24) is 10.3 Å². The van der Waals surface area contributed by atoms with Gasteiger partial charge < -0.3 is 10.1 Å². The maximum Gasteiger partial charge on any atom is 0.258 e. The van der Waals surface area contributed by atoms with Crippen LogP contribution in [0.5, 0.6) is 5.75 Å². The highest BCUT2D eigenvalue weighted by atomic mass is 35.5. The monoisotopic (exact) mass is 414 g/mol. The van der Waals surface area contributed by atoms with Gasteiger partial charge in [-0.3, -0.25) is 4.79 Å². The van der Waals surface area contributed by atoms with Crippen molar-refractivity contribution in [2.24, 2.45) is 0 Å². The van der Waals surface area contributed by atoms with Gasteiger partial charge in [0.25, 0.3) is 5.91 Å². The Morgan fingerprint density at radius 1 is 1.18 bits per heavy atom. The van der Waals surface area contributed by atoms with E-state index in [2.05, 4.69) is 24.1 Å². The van der Waals surface area contributed by atoms with E-state index in [1.165, 1.54) is 16.9 Å². The van der Waals surface area contributed by atoms with E-state index in [0.29, 0.717) is 23.2 Å². The average Bonchev–Trinajstić information content (AvgIpc) is 3.05. The number of aryl methyl sites for hydroxylation is 1. The summed E-state index contributed by atoms with van der Waals surface area (Å²) < 4.78 is 5.57. The number of aromatic nitrogens is 1. The second-order valence-corrected chi connectivity index (χ2v) is 8.29. The van der Waals surface area contributed by atoms with Crippen molar-refractivity contribution < 1.29 is 9.53 Å². The fourth-order valence-electron chi connectivity index (χ4n) is 2.67. The normalized spacial score (nSPS) is 10.9. The maximum atomic E-state index is 12.1. The molecule has 0 saturated heterocycles. The average molecular weight is 415 g/mol. The number of hydrogen-bond acceptors (Lipinski definition) is 4. The van der Waals surface area contributed by atoms with Crippen LogP contribution < -0.4 is 10.1 Å². The van der Waals surface area contributed by atoms with E-state index in [1.54, 1.807) is 0 Å². The predicted octanol–water partition coefficient (Wildman–Crippen LogP) is 5.59. The molecule has 0 atom stereocenters. The van der Waals surface area contributed by atoms with Crippen LogP contribution in [-0.4, -0.2) is 17.5 Å². The van der Waals surface area contributed by atoms with Crippen LogP contribution in [0.1, 0.15) is 35.9 Å². The molecule has 146 valence electrons. The molecular weight excluding hydrogens is 392 g/mol. The van der Waals surface area contributed by atoms with E-state index in [9.17, 15) is 4.79 Å². The standard InChI is InChI=1S/C22H23ClN2O2S/c1-14(2)16-8-10-17(11-9-16)27-13-21(26)24-12-20-15(3)25-22(28-20)18-6-4-5-7-19(18)23/h4-11,14H,12-13H2,1-3H3,(H,24,26). The van der Waals surface area contributed by atoms with E-state index in [-0.39, 0.29) is 12.5 Å². The minimum Gasteiger partial charge on any atom is -0.484 e. The van der Waals surface area contributed by atoms with Gasteiger partial charge in [-0.15, -0.1) is 11.3 Å². The van der Waals surface area contributed by atoms with Crippen molar-refractivity contribution in [2.75, 3.05) is 6.61 Å². The second kappa shape index (κ2) is 9.22. The number of nitrogens with zero attached hydrogens (tertiary/aromatic N) is 1. The molecule has 0 saturated carbocycles. The molecular formula is C22H23ClN2O2S. The highest BCUT2D eigenvalue weighted by Gasteiger charge is 2.13. The summed E-state index contributed by atoms with van der Waals surface area (Å²) in [6.45, 7) is 6.62. The molecule has 0 aliphatic rings.